The van der Waals surface area contributed by atoms with E-state index >= 15 is 0 Å². The third kappa shape index (κ3) is 2.60. The smallest absolute Gasteiger partial charge is 0.0489 e. The largest absolute Gasteiger partial charge is 0.312 e. The summed E-state index contributed by atoms with van der Waals surface area (Å²) in [6.45, 7) is 1.22. The van der Waals surface area contributed by atoms with Crippen LogP contribution in [0.1, 0.15) is 44.9 Å². The lowest BCUT2D eigenvalue weighted by Crippen LogP contribution is -2.35. The van der Waals surface area contributed by atoms with E-state index < -0.39 is 0 Å². The number of rotatable bonds is 3. The number of hydrogen-bond donors (Lipinski definition) is 1. The normalized spacial score (nSPS) is 35.8. The van der Waals surface area contributed by atoms with Gasteiger partial charge in [0, 0.05) is 11.4 Å². The monoisotopic (exact) mass is 201 g/mol. The van der Waals surface area contributed by atoms with E-state index in [2.05, 4.69) is 5.32 Å². The molecular formula is C11H20ClN. The Hall–Kier alpha value is 0.250. The molecule has 0 aromatic heterocycles. The first-order chi connectivity index (χ1) is 6.36. The molecule has 76 valence electrons. The van der Waals surface area contributed by atoms with Crippen LogP contribution in [0.3, 0.4) is 0 Å². The van der Waals surface area contributed by atoms with Gasteiger partial charge in [-0.05, 0) is 38.1 Å². The van der Waals surface area contributed by atoms with Crippen molar-refractivity contribution in [2.75, 3.05) is 6.54 Å². The predicted molar refractivity (Wildman–Crippen MR) is 57.2 cm³/mol. The first-order valence-electron chi connectivity index (χ1n) is 5.74. The molecule has 0 amide bonds. The van der Waals surface area contributed by atoms with E-state index in [1.165, 1.54) is 51.5 Å². The molecule has 0 spiro atoms. The van der Waals surface area contributed by atoms with Crippen molar-refractivity contribution in [3.05, 3.63) is 0 Å². The Kier molecular flexibility index (Phi) is 3.51. The zero-order chi connectivity index (χ0) is 9.10. The van der Waals surface area contributed by atoms with Crippen molar-refractivity contribution in [3.63, 3.8) is 0 Å². The van der Waals surface area contributed by atoms with Gasteiger partial charge in [0.25, 0.3) is 0 Å². The molecular weight excluding hydrogens is 182 g/mol. The van der Waals surface area contributed by atoms with E-state index in [1.54, 1.807) is 0 Å². The van der Waals surface area contributed by atoms with Crippen LogP contribution in [0.15, 0.2) is 0 Å². The molecule has 0 aliphatic heterocycles. The third-order valence-electron chi connectivity index (χ3n) is 3.58. The van der Waals surface area contributed by atoms with Crippen LogP contribution in [0.5, 0.6) is 0 Å². The molecule has 0 heterocycles. The number of hydrogen-bond acceptors (Lipinski definition) is 1. The molecule has 2 fully saturated rings. The summed E-state index contributed by atoms with van der Waals surface area (Å²) in [4.78, 5) is 0. The molecule has 2 heteroatoms. The molecule has 0 aromatic rings. The van der Waals surface area contributed by atoms with Crippen LogP contribution in [0.4, 0.5) is 0 Å². The molecule has 2 rings (SSSR count). The van der Waals surface area contributed by atoms with Crippen LogP contribution in [0, 0.1) is 5.92 Å². The Labute approximate surface area is 86.2 Å². The Morgan fingerprint density at radius 2 is 1.77 bits per heavy atom. The average molecular weight is 202 g/mol. The average Bonchev–Trinajstić information content (AvgIpc) is 2.72. The molecule has 1 N–H and O–H groups in total. The van der Waals surface area contributed by atoms with Gasteiger partial charge in [0.05, 0.1) is 0 Å². The number of nitrogens with one attached hydrogen (secondary N) is 1. The number of halogens is 1. The molecule has 0 aromatic carbocycles. The summed E-state index contributed by atoms with van der Waals surface area (Å²) in [6, 6.07) is 0.613. The van der Waals surface area contributed by atoms with Crippen LogP contribution >= 0.6 is 11.6 Å². The van der Waals surface area contributed by atoms with E-state index in [-0.39, 0.29) is 0 Å². The topological polar surface area (TPSA) is 12.0 Å². The van der Waals surface area contributed by atoms with Gasteiger partial charge in [-0.3, -0.25) is 0 Å². The minimum atomic E-state index is 0.404. The second kappa shape index (κ2) is 4.65. The maximum Gasteiger partial charge on any atom is 0.0489 e. The highest BCUT2D eigenvalue weighted by Gasteiger charge is 2.25. The molecule has 2 saturated carbocycles. The second-order valence-electron chi connectivity index (χ2n) is 4.61. The van der Waals surface area contributed by atoms with Crippen LogP contribution < -0.4 is 5.32 Å². The van der Waals surface area contributed by atoms with E-state index in [0.717, 1.165) is 5.92 Å². The maximum atomic E-state index is 6.20. The van der Waals surface area contributed by atoms with Crippen molar-refractivity contribution in [2.45, 2.75) is 56.4 Å². The summed E-state index contributed by atoms with van der Waals surface area (Å²) in [6.07, 6.45) is 9.59. The lowest BCUT2D eigenvalue weighted by atomic mass is 10.1. The lowest BCUT2D eigenvalue weighted by molar-refractivity contribution is 0.436. The van der Waals surface area contributed by atoms with E-state index in [4.69, 9.17) is 11.6 Å². The van der Waals surface area contributed by atoms with Gasteiger partial charge < -0.3 is 5.32 Å². The van der Waals surface area contributed by atoms with Gasteiger partial charge >= 0.3 is 0 Å². The quantitative estimate of drug-likeness (QED) is 0.693. The van der Waals surface area contributed by atoms with Crippen molar-refractivity contribution in [3.8, 4) is 0 Å². The number of alkyl halides is 1. The molecule has 0 radical (unpaired) electrons. The molecule has 2 aliphatic carbocycles. The van der Waals surface area contributed by atoms with Gasteiger partial charge in [0.15, 0.2) is 0 Å². The Bertz CT molecular complexity index is 154. The van der Waals surface area contributed by atoms with Gasteiger partial charge in [-0.2, -0.15) is 0 Å². The highest BCUT2D eigenvalue weighted by molar-refractivity contribution is 6.21. The summed E-state index contributed by atoms with van der Waals surface area (Å²) in [5.74, 6) is 0.949. The first kappa shape index (κ1) is 9.79. The van der Waals surface area contributed by atoms with E-state index in [1.807, 2.05) is 0 Å². The van der Waals surface area contributed by atoms with Crippen molar-refractivity contribution in [1.29, 1.82) is 0 Å². The van der Waals surface area contributed by atoms with E-state index in [0.29, 0.717) is 11.4 Å². The molecule has 2 aliphatic rings. The summed E-state index contributed by atoms with van der Waals surface area (Å²) < 4.78 is 0. The Morgan fingerprint density at radius 1 is 1.00 bits per heavy atom. The molecule has 2 atom stereocenters. The fourth-order valence-corrected chi connectivity index (χ4v) is 3.05. The van der Waals surface area contributed by atoms with Crippen molar-refractivity contribution >= 4 is 11.6 Å². The Balaban J connectivity index is 1.66. The summed E-state index contributed by atoms with van der Waals surface area (Å²) in [7, 11) is 0. The van der Waals surface area contributed by atoms with Gasteiger partial charge in [0.2, 0.25) is 0 Å². The highest BCUT2D eigenvalue weighted by Crippen LogP contribution is 2.27. The summed E-state index contributed by atoms with van der Waals surface area (Å²) in [5.41, 5.74) is 0. The Morgan fingerprint density at radius 3 is 2.38 bits per heavy atom. The highest BCUT2D eigenvalue weighted by atomic mass is 35.5. The third-order valence-corrected chi connectivity index (χ3v) is 4.10. The van der Waals surface area contributed by atoms with Crippen molar-refractivity contribution < 1.29 is 0 Å². The van der Waals surface area contributed by atoms with Gasteiger partial charge in [-0.25, -0.2) is 0 Å². The summed E-state index contributed by atoms with van der Waals surface area (Å²) in [5, 5.41) is 4.05. The van der Waals surface area contributed by atoms with Crippen molar-refractivity contribution in [2.24, 2.45) is 5.92 Å². The molecule has 0 saturated heterocycles. The standard InChI is InChI=1S/C11H20ClN/c12-10-6-3-7-11(10)13-8-9-4-1-2-5-9/h9-11,13H,1-8H2. The predicted octanol–water partition coefficient (Wildman–Crippen LogP) is 2.93. The lowest BCUT2D eigenvalue weighted by Gasteiger charge is -2.18. The zero-order valence-electron chi connectivity index (χ0n) is 8.27. The van der Waals surface area contributed by atoms with Crippen molar-refractivity contribution in [1.82, 2.24) is 5.32 Å². The van der Waals surface area contributed by atoms with Gasteiger partial charge in [0.1, 0.15) is 0 Å². The fourth-order valence-electron chi connectivity index (χ4n) is 2.68. The zero-order valence-corrected chi connectivity index (χ0v) is 9.02. The molecule has 1 nitrogen and oxygen atoms in total. The minimum absolute atomic E-state index is 0.404. The second-order valence-corrected chi connectivity index (χ2v) is 5.17. The van der Waals surface area contributed by atoms with Gasteiger partial charge in [-0.1, -0.05) is 19.3 Å². The minimum Gasteiger partial charge on any atom is -0.312 e. The maximum absolute atomic E-state index is 6.20. The SMILES string of the molecule is ClC1CCCC1NCC1CCCC1. The van der Waals surface area contributed by atoms with Gasteiger partial charge in [-0.15, -0.1) is 11.6 Å². The van der Waals surface area contributed by atoms with E-state index in [9.17, 15) is 0 Å². The summed E-state index contributed by atoms with van der Waals surface area (Å²) >= 11 is 6.20. The molecule has 0 bridgehead atoms. The molecule has 2 unspecified atom stereocenters. The fraction of sp³-hybridized carbons (Fsp3) is 1.00. The van der Waals surface area contributed by atoms with Crippen LogP contribution in [0.2, 0.25) is 0 Å². The molecule has 13 heavy (non-hydrogen) atoms. The van der Waals surface area contributed by atoms with Crippen LogP contribution in [0.25, 0.3) is 0 Å². The first-order valence-corrected chi connectivity index (χ1v) is 6.17. The van der Waals surface area contributed by atoms with Crippen LogP contribution in [-0.2, 0) is 0 Å². The van der Waals surface area contributed by atoms with Crippen LogP contribution in [-0.4, -0.2) is 18.0 Å².